The van der Waals surface area contributed by atoms with Crippen LogP contribution in [0.15, 0.2) is 25.8 Å². The fraction of sp³-hybridized carbons (Fsp3) is 0.286. The molecule has 2 aromatic rings. The van der Waals surface area contributed by atoms with E-state index in [1.165, 1.54) is 0 Å². The van der Waals surface area contributed by atoms with E-state index in [9.17, 15) is 0 Å². The number of hydrogen-bond acceptors (Lipinski definition) is 4. The van der Waals surface area contributed by atoms with Gasteiger partial charge in [-0.25, -0.2) is 0 Å². The van der Waals surface area contributed by atoms with Crippen molar-refractivity contribution in [2.24, 2.45) is 0 Å². The second kappa shape index (κ2) is 7.35. The summed E-state index contributed by atoms with van der Waals surface area (Å²) in [7, 11) is 4.87. The summed E-state index contributed by atoms with van der Waals surface area (Å²) >= 11 is 12.5. The molecule has 0 bridgehead atoms. The van der Waals surface area contributed by atoms with Crippen molar-refractivity contribution in [3.63, 3.8) is 0 Å². The maximum absolute atomic E-state index is 5.49. The van der Waals surface area contributed by atoms with Crippen LogP contribution in [0.3, 0.4) is 0 Å². The number of alkyl halides is 1. The van der Waals surface area contributed by atoms with Crippen molar-refractivity contribution in [3.8, 4) is 17.2 Å². The van der Waals surface area contributed by atoms with Crippen LogP contribution >= 0.6 is 59.1 Å². The van der Waals surface area contributed by atoms with Gasteiger partial charge in [-0.2, -0.15) is 0 Å². The molecular weight excluding hydrogens is 488 g/mol. The third-order valence-corrected chi connectivity index (χ3v) is 6.34. The van der Waals surface area contributed by atoms with E-state index >= 15 is 0 Å². The molecular formula is C14H13Br3O3S. The van der Waals surface area contributed by atoms with Crippen molar-refractivity contribution < 1.29 is 14.2 Å². The molecule has 114 valence electrons. The van der Waals surface area contributed by atoms with Gasteiger partial charge in [-0.05, 0) is 49.6 Å². The summed E-state index contributed by atoms with van der Waals surface area (Å²) in [6.07, 6.45) is 0. The summed E-state index contributed by atoms with van der Waals surface area (Å²) in [5, 5.41) is 0. The van der Waals surface area contributed by atoms with Crippen LogP contribution in [-0.2, 0) is 0 Å². The van der Waals surface area contributed by atoms with Gasteiger partial charge in [0.2, 0.25) is 0 Å². The number of rotatable bonds is 5. The lowest BCUT2D eigenvalue weighted by atomic mass is 10.1. The first-order valence-corrected chi connectivity index (χ1v) is 9.22. The lowest BCUT2D eigenvalue weighted by Gasteiger charge is -2.17. The molecule has 0 spiro atoms. The highest BCUT2D eigenvalue weighted by molar-refractivity contribution is 9.12. The highest BCUT2D eigenvalue weighted by atomic mass is 79.9. The molecule has 1 unspecified atom stereocenters. The van der Waals surface area contributed by atoms with Gasteiger partial charge in [0.15, 0.2) is 11.5 Å². The highest BCUT2D eigenvalue weighted by Gasteiger charge is 2.22. The van der Waals surface area contributed by atoms with Gasteiger partial charge in [-0.15, -0.1) is 11.3 Å². The number of halogens is 3. The van der Waals surface area contributed by atoms with E-state index in [0.29, 0.717) is 11.5 Å². The molecule has 1 atom stereocenters. The second-order valence-electron chi connectivity index (χ2n) is 4.09. The zero-order valence-corrected chi connectivity index (χ0v) is 17.2. The van der Waals surface area contributed by atoms with Crippen molar-refractivity contribution in [1.29, 1.82) is 0 Å². The minimum atomic E-state index is -0.0239. The van der Waals surface area contributed by atoms with Crippen molar-refractivity contribution in [2.45, 2.75) is 4.83 Å². The minimum Gasteiger partial charge on any atom is -0.496 e. The Morgan fingerprint density at radius 2 is 1.43 bits per heavy atom. The van der Waals surface area contributed by atoms with Gasteiger partial charge in [0, 0.05) is 11.6 Å². The van der Waals surface area contributed by atoms with E-state index in [-0.39, 0.29) is 4.83 Å². The van der Waals surface area contributed by atoms with Crippen LogP contribution < -0.4 is 14.2 Å². The summed E-state index contributed by atoms with van der Waals surface area (Å²) < 4.78 is 18.3. The molecule has 0 aliphatic heterocycles. The predicted molar refractivity (Wildman–Crippen MR) is 96.6 cm³/mol. The largest absolute Gasteiger partial charge is 0.496 e. The average molecular weight is 501 g/mol. The fourth-order valence-electron chi connectivity index (χ4n) is 1.94. The SMILES string of the molecule is COc1cc(OC)c(C(Br)c2cc(Br)sc2Br)cc1OC. The van der Waals surface area contributed by atoms with E-state index in [2.05, 4.69) is 53.9 Å². The molecule has 0 fully saturated rings. The lowest BCUT2D eigenvalue weighted by Crippen LogP contribution is -2.00. The molecule has 2 rings (SSSR count). The zero-order chi connectivity index (χ0) is 15.6. The summed E-state index contributed by atoms with van der Waals surface area (Å²) in [5.41, 5.74) is 2.10. The van der Waals surface area contributed by atoms with Crippen LogP contribution in [0.25, 0.3) is 0 Å². The Kier molecular flexibility index (Phi) is 5.99. The first-order chi connectivity index (χ1) is 10.0. The molecule has 3 nitrogen and oxygen atoms in total. The molecule has 0 amide bonds. The molecule has 0 saturated carbocycles. The standard InChI is InChI=1S/C14H13Br3O3S/c1-18-9-6-11(20-3)10(19-2)4-7(9)13(16)8-5-12(15)21-14(8)17/h4-6,13H,1-3H3. The molecule has 0 aliphatic carbocycles. The van der Waals surface area contributed by atoms with Crippen LogP contribution in [0.5, 0.6) is 17.2 Å². The van der Waals surface area contributed by atoms with Gasteiger partial charge in [0.05, 0.1) is 33.7 Å². The Balaban J connectivity index is 2.53. The molecule has 0 radical (unpaired) electrons. The van der Waals surface area contributed by atoms with Gasteiger partial charge in [0.25, 0.3) is 0 Å². The van der Waals surface area contributed by atoms with Gasteiger partial charge in [0.1, 0.15) is 5.75 Å². The van der Waals surface area contributed by atoms with Crippen molar-refractivity contribution >= 4 is 59.1 Å². The molecule has 21 heavy (non-hydrogen) atoms. The highest BCUT2D eigenvalue weighted by Crippen LogP contribution is 2.47. The summed E-state index contributed by atoms with van der Waals surface area (Å²) in [5.74, 6) is 2.05. The normalized spacial score (nSPS) is 12.1. The minimum absolute atomic E-state index is 0.0239. The van der Waals surface area contributed by atoms with Crippen molar-refractivity contribution in [1.82, 2.24) is 0 Å². The van der Waals surface area contributed by atoms with Gasteiger partial charge < -0.3 is 14.2 Å². The molecule has 0 aliphatic rings. The van der Waals surface area contributed by atoms with Crippen LogP contribution in [0, 0.1) is 0 Å². The van der Waals surface area contributed by atoms with E-state index in [4.69, 9.17) is 14.2 Å². The third-order valence-electron chi connectivity index (χ3n) is 2.97. The second-order valence-corrected chi connectivity index (χ2v) is 8.76. The number of methoxy groups -OCH3 is 3. The Hall–Kier alpha value is -0.240. The Bertz CT molecular complexity index is 643. The van der Waals surface area contributed by atoms with E-state index in [1.54, 1.807) is 32.7 Å². The summed E-state index contributed by atoms with van der Waals surface area (Å²) in [6, 6.07) is 5.83. The number of thiophene rings is 1. The zero-order valence-electron chi connectivity index (χ0n) is 11.6. The fourth-order valence-corrected chi connectivity index (χ4v) is 6.02. The van der Waals surface area contributed by atoms with Crippen molar-refractivity contribution in [3.05, 3.63) is 36.9 Å². The van der Waals surface area contributed by atoms with Crippen LogP contribution in [0.1, 0.15) is 16.0 Å². The first kappa shape index (κ1) is 17.1. The van der Waals surface area contributed by atoms with Crippen molar-refractivity contribution in [2.75, 3.05) is 21.3 Å². The Morgan fingerprint density at radius 3 is 1.90 bits per heavy atom. The number of ether oxygens (including phenoxy) is 3. The van der Waals surface area contributed by atoms with E-state index in [1.807, 2.05) is 12.1 Å². The van der Waals surface area contributed by atoms with Gasteiger partial charge in [-0.1, -0.05) is 15.9 Å². The predicted octanol–water partition coefficient (Wildman–Crippen LogP) is 5.78. The third kappa shape index (κ3) is 3.57. The van der Waals surface area contributed by atoms with Gasteiger partial charge in [-0.3, -0.25) is 0 Å². The quantitative estimate of drug-likeness (QED) is 0.487. The topological polar surface area (TPSA) is 27.7 Å². The summed E-state index contributed by atoms with van der Waals surface area (Å²) in [4.78, 5) is -0.0239. The number of hydrogen-bond donors (Lipinski definition) is 0. The average Bonchev–Trinajstić information content (AvgIpc) is 2.83. The molecule has 0 N–H and O–H groups in total. The lowest BCUT2D eigenvalue weighted by molar-refractivity contribution is 0.347. The maximum atomic E-state index is 5.49. The number of benzene rings is 1. The summed E-state index contributed by atoms with van der Waals surface area (Å²) in [6.45, 7) is 0. The van der Waals surface area contributed by atoms with Crippen LogP contribution in [-0.4, -0.2) is 21.3 Å². The molecule has 1 heterocycles. The van der Waals surface area contributed by atoms with Gasteiger partial charge >= 0.3 is 0 Å². The molecule has 1 aromatic carbocycles. The monoisotopic (exact) mass is 498 g/mol. The van der Waals surface area contributed by atoms with E-state index in [0.717, 1.165) is 24.4 Å². The smallest absolute Gasteiger partial charge is 0.164 e. The first-order valence-electron chi connectivity index (χ1n) is 5.90. The van der Waals surface area contributed by atoms with Crippen LogP contribution in [0.2, 0.25) is 0 Å². The van der Waals surface area contributed by atoms with E-state index < -0.39 is 0 Å². The van der Waals surface area contributed by atoms with Crippen LogP contribution in [0.4, 0.5) is 0 Å². The Labute approximate surface area is 153 Å². The molecule has 0 saturated heterocycles. The Morgan fingerprint density at radius 1 is 0.857 bits per heavy atom. The molecule has 7 heteroatoms. The molecule has 1 aromatic heterocycles. The maximum Gasteiger partial charge on any atom is 0.164 e.